The first-order chi connectivity index (χ1) is 8.60. The van der Waals surface area contributed by atoms with E-state index in [1.54, 1.807) is 0 Å². The number of carboxylic acids is 1. The Morgan fingerprint density at radius 2 is 2.11 bits per heavy atom. The summed E-state index contributed by atoms with van der Waals surface area (Å²) in [6.07, 6.45) is 6.72. The van der Waals surface area contributed by atoms with Crippen molar-refractivity contribution < 1.29 is 14.7 Å². The van der Waals surface area contributed by atoms with Crippen molar-refractivity contribution in [2.24, 2.45) is 5.92 Å². The molecule has 1 fully saturated rings. The fourth-order valence-electron chi connectivity index (χ4n) is 3.04. The van der Waals surface area contributed by atoms with E-state index >= 15 is 0 Å². The van der Waals surface area contributed by atoms with Gasteiger partial charge in [0.05, 0.1) is 0 Å². The zero-order chi connectivity index (χ0) is 13.6. The maximum atomic E-state index is 11.7. The van der Waals surface area contributed by atoms with E-state index in [1.165, 1.54) is 4.90 Å². The predicted molar refractivity (Wildman–Crippen MR) is 70.3 cm³/mol. The summed E-state index contributed by atoms with van der Waals surface area (Å²) in [6, 6.07) is 0. The minimum atomic E-state index is -0.957. The topological polar surface area (TPSA) is 57.6 Å². The van der Waals surface area contributed by atoms with Crippen LogP contribution in [-0.2, 0) is 9.59 Å². The smallest absolute Gasteiger partial charge is 0.329 e. The van der Waals surface area contributed by atoms with Crippen LogP contribution < -0.4 is 0 Å². The second-order valence-electron chi connectivity index (χ2n) is 5.34. The zero-order valence-corrected chi connectivity index (χ0v) is 11.5. The number of carbonyl (C=O) groups is 2. The first-order valence-electron chi connectivity index (χ1n) is 7.06. The van der Waals surface area contributed by atoms with Crippen LogP contribution in [0.5, 0.6) is 0 Å². The number of nitrogens with zero attached hydrogens (tertiary/aromatic N) is 1. The van der Waals surface area contributed by atoms with Crippen molar-refractivity contribution >= 4 is 12.4 Å². The number of aliphatic carboxylic acids is 1. The molecule has 1 N–H and O–H groups in total. The van der Waals surface area contributed by atoms with Crippen LogP contribution in [0.1, 0.15) is 58.8 Å². The van der Waals surface area contributed by atoms with Gasteiger partial charge in [-0.2, -0.15) is 0 Å². The van der Waals surface area contributed by atoms with Gasteiger partial charge in [0.25, 0.3) is 0 Å². The van der Waals surface area contributed by atoms with Crippen LogP contribution in [0.3, 0.4) is 0 Å². The monoisotopic (exact) mass is 255 g/mol. The Hall–Kier alpha value is -1.06. The normalized spacial score (nSPS) is 28.4. The minimum absolute atomic E-state index is 0.534. The maximum Gasteiger partial charge on any atom is 0.329 e. The second-order valence-corrected chi connectivity index (χ2v) is 5.34. The van der Waals surface area contributed by atoms with Gasteiger partial charge in [-0.15, -0.1) is 0 Å². The van der Waals surface area contributed by atoms with E-state index in [0.717, 1.165) is 38.5 Å². The zero-order valence-electron chi connectivity index (χ0n) is 11.5. The number of rotatable bonds is 6. The fraction of sp³-hybridized carbons (Fsp3) is 0.857. The Kier molecular flexibility index (Phi) is 5.63. The van der Waals surface area contributed by atoms with Gasteiger partial charge in [-0.05, 0) is 31.6 Å². The van der Waals surface area contributed by atoms with E-state index in [-0.39, 0.29) is 0 Å². The highest BCUT2D eigenvalue weighted by Gasteiger charge is 2.44. The molecule has 1 saturated carbocycles. The molecule has 2 atom stereocenters. The number of hydrogen-bond donors (Lipinski definition) is 1. The summed E-state index contributed by atoms with van der Waals surface area (Å²) >= 11 is 0. The standard InChI is InChI=1S/C14H25NO3/c1-3-10-15(11-16)14(13(17)18)8-5-6-12(4-2)7-9-14/h11-12H,3-10H2,1-2H3,(H,17,18). The van der Waals surface area contributed by atoms with Crippen LogP contribution >= 0.6 is 0 Å². The summed E-state index contributed by atoms with van der Waals surface area (Å²) < 4.78 is 0. The average Bonchev–Trinajstić information content (AvgIpc) is 2.59. The van der Waals surface area contributed by atoms with E-state index < -0.39 is 11.5 Å². The number of hydrogen-bond acceptors (Lipinski definition) is 2. The van der Waals surface area contributed by atoms with E-state index in [0.29, 0.717) is 25.3 Å². The molecule has 0 aliphatic heterocycles. The Labute approximate surface area is 109 Å². The van der Waals surface area contributed by atoms with E-state index in [9.17, 15) is 14.7 Å². The molecule has 0 heterocycles. The molecule has 1 aliphatic carbocycles. The molecule has 4 nitrogen and oxygen atoms in total. The molecular formula is C14H25NO3. The molecule has 0 aromatic heterocycles. The summed E-state index contributed by atoms with van der Waals surface area (Å²) in [5.41, 5.74) is -0.957. The Bertz CT molecular complexity index is 293. The first-order valence-corrected chi connectivity index (χ1v) is 7.06. The molecule has 0 radical (unpaired) electrons. The highest BCUT2D eigenvalue weighted by molar-refractivity contribution is 5.81. The second kappa shape index (κ2) is 6.76. The van der Waals surface area contributed by atoms with Gasteiger partial charge in [-0.3, -0.25) is 4.79 Å². The summed E-state index contributed by atoms with van der Waals surface area (Å²) in [5.74, 6) is -0.221. The van der Waals surface area contributed by atoms with Crippen LogP contribution in [0.15, 0.2) is 0 Å². The fourth-order valence-corrected chi connectivity index (χ4v) is 3.04. The van der Waals surface area contributed by atoms with Gasteiger partial charge in [0, 0.05) is 6.54 Å². The SMILES string of the molecule is CCCN(C=O)C1(C(=O)O)CCCC(CC)CC1. The van der Waals surface area contributed by atoms with Crippen LogP contribution in [0.2, 0.25) is 0 Å². The molecular weight excluding hydrogens is 230 g/mol. The lowest BCUT2D eigenvalue weighted by atomic mass is 9.87. The third-order valence-electron chi connectivity index (χ3n) is 4.29. The van der Waals surface area contributed by atoms with Crippen LogP contribution in [0.25, 0.3) is 0 Å². The molecule has 1 amide bonds. The summed E-state index contributed by atoms with van der Waals surface area (Å²) in [6.45, 7) is 4.66. The predicted octanol–water partition coefficient (Wildman–Crippen LogP) is 2.67. The highest BCUT2D eigenvalue weighted by atomic mass is 16.4. The van der Waals surface area contributed by atoms with Crippen molar-refractivity contribution in [2.45, 2.75) is 64.3 Å². The van der Waals surface area contributed by atoms with Gasteiger partial charge in [0.1, 0.15) is 5.54 Å². The van der Waals surface area contributed by atoms with E-state index in [2.05, 4.69) is 6.92 Å². The van der Waals surface area contributed by atoms with Crippen molar-refractivity contribution in [2.75, 3.05) is 6.54 Å². The molecule has 0 spiro atoms. The molecule has 0 saturated heterocycles. The number of amides is 1. The maximum absolute atomic E-state index is 11.7. The molecule has 0 aromatic carbocycles. The average molecular weight is 255 g/mol. The van der Waals surface area contributed by atoms with Gasteiger partial charge in [-0.25, -0.2) is 4.79 Å². The van der Waals surface area contributed by atoms with Crippen molar-refractivity contribution in [3.8, 4) is 0 Å². The molecule has 4 heteroatoms. The van der Waals surface area contributed by atoms with Gasteiger partial charge in [0.2, 0.25) is 6.41 Å². The minimum Gasteiger partial charge on any atom is -0.479 e. The molecule has 0 aromatic rings. The number of carbonyl (C=O) groups excluding carboxylic acids is 1. The Balaban J connectivity index is 2.92. The lowest BCUT2D eigenvalue weighted by Gasteiger charge is -2.37. The third kappa shape index (κ3) is 3.03. The summed E-state index contributed by atoms with van der Waals surface area (Å²) in [4.78, 5) is 24.4. The van der Waals surface area contributed by atoms with Gasteiger partial charge >= 0.3 is 5.97 Å². The van der Waals surface area contributed by atoms with Gasteiger partial charge < -0.3 is 10.0 Å². The lowest BCUT2D eigenvalue weighted by molar-refractivity contribution is -0.156. The van der Waals surface area contributed by atoms with Crippen molar-refractivity contribution in [1.82, 2.24) is 4.90 Å². The van der Waals surface area contributed by atoms with E-state index in [1.807, 2.05) is 6.92 Å². The van der Waals surface area contributed by atoms with E-state index in [4.69, 9.17) is 0 Å². The van der Waals surface area contributed by atoms with Gasteiger partial charge in [-0.1, -0.05) is 33.1 Å². The molecule has 1 aliphatic rings. The first kappa shape index (κ1) is 15.0. The summed E-state index contributed by atoms with van der Waals surface area (Å²) in [5, 5.41) is 9.60. The Morgan fingerprint density at radius 1 is 1.39 bits per heavy atom. The molecule has 0 bridgehead atoms. The van der Waals surface area contributed by atoms with Crippen LogP contribution in [0.4, 0.5) is 0 Å². The summed E-state index contributed by atoms with van der Waals surface area (Å²) in [7, 11) is 0. The highest BCUT2D eigenvalue weighted by Crippen LogP contribution is 2.35. The third-order valence-corrected chi connectivity index (χ3v) is 4.29. The number of carboxylic acid groups (broad SMARTS) is 1. The van der Waals surface area contributed by atoms with Crippen LogP contribution in [0, 0.1) is 5.92 Å². The molecule has 1 rings (SSSR count). The lowest BCUT2D eigenvalue weighted by Crippen LogP contribution is -2.54. The molecule has 2 unspecified atom stereocenters. The Morgan fingerprint density at radius 3 is 2.61 bits per heavy atom. The quantitative estimate of drug-likeness (QED) is 0.586. The molecule has 18 heavy (non-hydrogen) atoms. The van der Waals surface area contributed by atoms with Crippen LogP contribution in [-0.4, -0.2) is 34.5 Å². The molecule has 104 valence electrons. The largest absolute Gasteiger partial charge is 0.479 e. The van der Waals surface area contributed by atoms with Crippen molar-refractivity contribution in [3.05, 3.63) is 0 Å². The van der Waals surface area contributed by atoms with Crippen molar-refractivity contribution in [1.29, 1.82) is 0 Å². The van der Waals surface area contributed by atoms with Crippen molar-refractivity contribution in [3.63, 3.8) is 0 Å². The van der Waals surface area contributed by atoms with Gasteiger partial charge in [0.15, 0.2) is 0 Å².